The Kier molecular flexibility index (Phi) is 7.34. The molecule has 0 fully saturated rings. The van der Waals surface area contributed by atoms with E-state index in [2.05, 4.69) is 34.6 Å². The third kappa shape index (κ3) is 6.53. The van der Waals surface area contributed by atoms with Crippen LogP contribution in [0.2, 0.25) is 0 Å². The van der Waals surface area contributed by atoms with Gasteiger partial charge in [-0.1, -0.05) is 49.6 Å². The zero-order valence-corrected chi connectivity index (χ0v) is 17.2. The van der Waals surface area contributed by atoms with E-state index >= 15 is 0 Å². The summed E-state index contributed by atoms with van der Waals surface area (Å²) < 4.78 is 23.9. The van der Waals surface area contributed by atoms with Crippen molar-refractivity contribution < 1.29 is 13.2 Å². The van der Waals surface area contributed by atoms with E-state index in [9.17, 15) is 13.2 Å². The zero-order valence-electron chi connectivity index (χ0n) is 15.5. The zero-order chi connectivity index (χ0) is 19.2. The molecule has 0 aliphatic heterocycles. The van der Waals surface area contributed by atoms with Crippen LogP contribution in [-0.2, 0) is 21.1 Å². The van der Waals surface area contributed by atoms with E-state index in [-0.39, 0.29) is 5.75 Å². The van der Waals surface area contributed by atoms with Gasteiger partial charge in [-0.3, -0.25) is 4.79 Å². The van der Waals surface area contributed by atoms with E-state index in [0.29, 0.717) is 11.6 Å². The lowest BCUT2D eigenvalue weighted by molar-refractivity contribution is -0.113. The first-order valence-electron chi connectivity index (χ1n) is 8.81. The molecule has 0 unspecified atom stereocenters. The molecular formula is C19H26N2O3S2. The van der Waals surface area contributed by atoms with Crippen molar-refractivity contribution in [2.24, 2.45) is 0 Å². The average molecular weight is 395 g/mol. The molecule has 1 N–H and O–H groups in total. The van der Waals surface area contributed by atoms with Gasteiger partial charge in [0.2, 0.25) is 5.91 Å². The lowest BCUT2D eigenvalue weighted by atomic mass is 10.1. The van der Waals surface area contributed by atoms with E-state index in [4.69, 9.17) is 0 Å². The number of carbonyl (C=O) groups excluding carboxylic acids is 1. The molecule has 2 aromatic rings. The highest BCUT2D eigenvalue weighted by Gasteiger charge is 2.18. The van der Waals surface area contributed by atoms with Crippen LogP contribution in [0, 0.1) is 13.8 Å². The standard InChI is InChI=1S/C19H26N2O3S2/c1-4-5-6-11-26(23,24)13-18(22)21-19-20-15(3)17(25-19)12-16-9-7-14(2)8-10-16/h7-10H,4-6,11-13H2,1-3H3,(H,20,21,22). The third-order valence-corrected chi connectivity index (χ3v) is 6.72. The minimum Gasteiger partial charge on any atom is -0.301 e. The van der Waals surface area contributed by atoms with Crippen molar-refractivity contribution in [3.8, 4) is 0 Å². The lowest BCUT2D eigenvalue weighted by Gasteiger charge is -2.04. The van der Waals surface area contributed by atoms with Crippen LogP contribution < -0.4 is 5.32 Å². The largest absolute Gasteiger partial charge is 0.301 e. The fourth-order valence-electron chi connectivity index (χ4n) is 2.54. The molecule has 1 aromatic carbocycles. The fraction of sp³-hybridized carbons (Fsp3) is 0.474. The summed E-state index contributed by atoms with van der Waals surface area (Å²) in [4.78, 5) is 17.5. The molecule has 1 aromatic heterocycles. The van der Waals surface area contributed by atoms with Gasteiger partial charge in [0, 0.05) is 11.3 Å². The minimum absolute atomic E-state index is 0.0594. The highest BCUT2D eigenvalue weighted by Crippen LogP contribution is 2.25. The van der Waals surface area contributed by atoms with Gasteiger partial charge in [0.05, 0.1) is 11.4 Å². The van der Waals surface area contributed by atoms with Gasteiger partial charge >= 0.3 is 0 Å². The van der Waals surface area contributed by atoms with E-state index in [1.807, 2.05) is 20.8 Å². The maximum Gasteiger partial charge on any atom is 0.241 e. The van der Waals surface area contributed by atoms with E-state index in [1.165, 1.54) is 22.5 Å². The molecule has 26 heavy (non-hydrogen) atoms. The van der Waals surface area contributed by atoms with Crippen LogP contribution in [0.5, 0.6) is 0 Å². The maximum absolute atomic E-state index is 12.1. The molecule has 0 radical (unpaired) electrons. The number of thiazole rings is 1. The number of hydrogen-bond acceptors (Lipinski definition) is 5. The number of anilines is 1. The molecule has 1 heterocycles. The predicted molar refractivity (Wildman–Crippen MR) is 108 cm³/mol. The first-order valence-corrected chi connectivity index (χ1v) is 11.4. The lowest BCUT2D eigenvalue weighted by Crippen LogP contribution is -2.24. The monoisotopic (exact) mass is 394 g/mol. The Hall–Kier alpha value is -1.73. The second-order valence-electron chi connectivity index (χ2n) is 6.54. The summed E-state index contributed by atoms with van der Waals surface area (Å²) in [5.41, 5.74) is 3.25. The molecule has 0 bridgehead atoms. The summed E-state index contributed by atoms with van der Waals surface area (Å²) in [6.07, 6.45) is 3.15. The number of rotatable bonds is 9. The van der Waals surface area contributed by atoms with E-state index < -0.39 is 21.5 Å². The molecule has 0 spiro atoms. The van der Waals surface area contributed by atoms with Gasteiger partial charge in [0.25, 0.3) is 0 Å². The maximum atomic E-state index is 12.1. The Balaban J connectivity index is 1.95. The number of aromatic nitrogens is 1. The molecule has 7 heteroatoms. The van der Waals surface area contributed by atoms with Gasteiger partial charge in [-0.15, -0.1) is 11.3 Å². The van der Waals surface area contributed by atoms with E-state index in [0.717, 1.165) is 29.8 Å². The number of unbranched alkanes of at least 4 members (excludes halogenated alkanes) is 2. The van der Waals surface area contributed by atoms with Crippen LogP contribution in [0.25, 0.3) is 0 Å². The predicted octanol–water partition coefficient (Wildman–Crippen LogP) is 3.89. The van der Waals surface area contributed by atoms with Crippen LogP contribution in [0.3, 0.4) is 0 Å². The number of nitrogens with zero attached hydrogens (tertiary/aromatic N) is 1. The van der Waals surface area contributed by atoms with Crippen LogP contribution in [0.1, 0.15) is 47.9 Å². The van der Waals surface area contributed by atoms with Gasteiger partial charge in [-0.25, -0.2) is 13.4 Å². The molecule has 0 aliphatic carbocycles. The van der Waals surface area contributed by atoms with Crippen molar-refractivity contribution in [2.45, 2.75) is 46.5 Å². The smallest absolute Gasteiger partial charge is 0.241 e. The number of amides is 1. The third-order valence-electron chi connectivity index (χ3n) is 4.03. The number of benzene rings is 1. The van der Waals surface area contributed by atoms with Crippen molar-refractivity contribution >= 4 is 32.2 Å². The van der Waals surface area contributed by atoms with Crippen LogP contribution >= 0.6 is 11.3 Å². The topological polar surface area (TPSA) is 76.1 Å². The van der Waals surface area contributed by atoms with Gasteiger partial charge in [0.1, 0.15) is 5.75 Å². The van der Waals surface area contributed by atoms with Crippen LogP contribution in [-0.4, -0.2) is 30.8 Å². The second-order valence-corrected chi connectivity index (χ2v) is 9.80. The summed E-state index contributed by atoms with van der Waals surface area (Å²) >= 11 is 1.40. The molecular weight excluding hydrogens is 368 g/mol. The highest BCUT2D eigenvalue weighted by molar-refractivity contribution is 7.92. The Bertz CT molecular complexity index is 840. The molecule has 142 valence electrons. The number of hydrogen-bond donors (Lipinski definition) is 1. The summed E-state index contributed by atoms with van der Waals surface area (Å²) in [5, 5.41) is 3.09. The van der Waals surface area contributed by atoms with Crippen molar-refractivity contribution in [3.05, 3.63) is 46.0 Å². The second kappa shape index (κ2) is 9.28. The number of nitrogens with one attached hydrogen (secondary N) is 1. The summed E-state index contributed by atoms with van der Waals surface area (Å²) in [6.45, 7) is 5.96. The van der Waals surface area contributed by atoms with Gasteiger partial charge in [0.15, 0.2) is 15.0 Å². The van der Waals surface area contributed by atoms with E-state index in [1.54, 1.807) is 0 Å². The Labute approximate surface area is 159 Å². The molecule has 5 nitrogen and oxygen atoms in total. The molecule has 0 atom stereocenters. The minimum atomic E-state index is -3.36. The van der Waals surface area contributed by atoms with Crippen molar-refractivity contribution in [1.82, 2.24) is 4.98 Å². The Morgan fingerprint density at radius 1 is 1.15 bits per heavy atom. The van der Waals surface area contributed by atoms with Gasteiger partial charge in [-0.2, -0.15) is 0 Å². The normalized spacial score (nSPS) is 11.5. The van der Waals surface area contributed by atoms with Crippen molar-refractivity contribution in [3.63, 3.8) is 0 Å². The first-order chi connectivity index (χ1) is 12.3. The molecule has 2 rings (SSSR count). The summed E-state index contributed by atoms with van der Waals surface area (Å²) in [5.74, 6) is -0.941. The van der Waals surface area contributed by atoms with Gasteiger partial charge < -0.3 is 5.32 Å². The fourth-order valence-corrected chi connectivity index (χ4v) is 4.81. The van der Waals surface area contributed by atoms with Gasteiger partial charge in [-0.05, 0) is 25.8 Å². The quantitative estimate of drug-likeness (QED) is 0.655. The number of sulfone groups is 1. The Morgan fingerprint density at radius 2 is 1.85 bits per heavy atom. The average Bonchev–Trinajstić information content (AvgIpc) is 2.88. The first kappa shape index (κ1) is 20.6. The highest BCUT2D eigenvalue weighted by atomic mass is 32.2. The number of aryl methyl sites for hydroxylation is 2. The SMILES string of the molecule is CCCCCS(=O)(=O)CC(=O)Nc1nc(C)c(Cc2ccc(C)cc2)s1. The molecule has 0 aliphatic rings. The summed E-state index contributed by atoms with van der Waals surface area (Å²) in [7, 11) is -3.36. The molecule has 1 amide bonds. The summed E-state index contributed by atoms with van der Waals surface area (Å²) in [6, 6.07) is 8.29. The molecule has 0 saturated carbocycles. The number of carbonyl (C=O) groups is 1. The van der Waals surface area contributed by atoms with Crippen molar-refractivity contribution in [1.29, 1.82) is 0 Å². The van der Waals surface area contributed by atoms with Crippen LogP contribution in [0.15, 0.2) is 24.3 Å². The molecule has 0 saturated heterocycles. The Morgan fingerprint density at radius 3 is 2.50 bits per heavy atom. The van der Waals surface area contributed by atoms with Crippen LogP contribution in [0.4, 0.5) is 5.13 Å². The van der Waals surface area contributed by atoms with Crippen molar-refractivity contribution in [2.75, 3.05) is 16.8 Å².